The highest BCUT2D eigenvalue weighted by atomic mass is 16.5. The molecule has 0 spiro atoms. The number of nitrogens with one attached hydrogen (secondary N) is 1. The van der Waals surface area contributed by atoms with Gasteiger partial charge in [0.2, 0.25) is 0 Å². The Balaban J connectivity index is 1.68. The molecule has 30 heavy (non-hydrogen) atoms. The van der Waals surface area contributed by atoms with E-state index < -0.39 is 5.63 Å². The van der Waals surface area contributed by atoms with E-state index in [-0.39, 0.29) is 24.5 Å². The van der Waals surface area contributed by atoms with Crippen molar-refractivity contribution < 1.29 is 18.7 Å². The van der Waals surface area contributed by atoms with Crippen molar-refractivity contribution in [2.24, 2.45) is 5.92 Å². The Morgan fingerprint density at radius 3 is 2.40 bits per heavy atom. The summed E-state index contributed by atoms with van der Waals surface area (Å²) in [6.07, 6.45) is 0.729. The second-order valence-electron chi connectivity index (χ2n) is 7.45. The zero-order chi connectivity index (χ0) is 21.7. The van der Waals surface area contributed by atoms with Gasteiger partial charge in [-0.25, -0.2) is 4.79 Å². The molecular formula is C24H27NO5. The average Bonchev–Trinajstić information content (AvgIpc) is 2.75. The quantitative estimate of drug-likeness (QED) is 0.563. The number of methoxy groups -OCH3 is 1. The van der Waals surface area contributed by atoms with E-state index in [2.05, 4.69) is 5.32 Å². The lowest BCUT2D eigenvalue weighted by atomic mass is 9.96. The van der Waals surface area contributed by atoms with Gasteiger partial charge in [0.1, 0.15) is 17.1 Å². The van der Waals surface area contributed by atoms with Crippen molar-refractivity contribution in [1.29, 1.82) is 0 Å². The SMILES string of the molecule is CCc1cc(=O)oc2cc(OCC(=O)N[C@H](c3ccc(OC)cc3)C(C)C)ccc12. The monoisotopic (exact) mass is 409 g/mol. The highest BCUT2D eigenvalue weighted by molar-refractivity contribution is 5.82. The lowest BCUT2D eigenvalue weighted by Crippen LogP contribution is -2.35. The lowest BCUT2D eigenvalue weighted by Gasteiger charge is -2.23. The van der Waals surface area contributed by atoms with Crippen molar-refractivity contribution in [1.82, 2.24) is 5.32 Å². The van der Waals surface area contributed by atoms with Gasteiger partial charge in [-0.3, -0.25) is 4.79 Å². The fraction of sp³-hybridized carbons (Fsp3) is 0.333. The molecule has 0 radical (unpaired) electrons. The summed E-state index contributed by atoms with van der Waals surface area (Å²) in [5, 5.41) is 3.90. The molecule has 6 heteroatoms. The van der Waals surface area contributed by atoms with Crippen molar-refractivity contribution in [2.45, 2.75) is 33.2 Å². The van der Waals surface area contributed by atoms with Crippen LogP contribution < -0.4 is 20.4 Å². The van der Waals surface area contributed by atoms with Crippen molar-refractivity contribution in [3.8, 4) is 11.5 Å². The molecule has 0 aliphatic heterocycles. The Labute approximate surface area is 175 Å². The van der Waals surface area contributed by atoms with Crippen LogP contribution >= 0.6 is 0 Å². The zero-order valence-electron chi connectivity index (χ0n) is 17.7. The molecule has 3 aromatic rings. The van der Waals surface area contributed by atoms with Crippen molar-refractivity contribution in [3.63, 3.8) is 0 Å². The predicted molar refractivity (Wildman–Crippen MR) is 116 cm³/mol. The molecule has 1 heterocycles. The topological polar surface area (TPSA) is 77.8 Å². The summed E-state index contributed by atoms with van der Waals surface area (Å²) in [6.45, 7) is 5.94. The number of rotatable bonds is 8. The third-order valence-electron chi connectivity index (χ3n) is 5.01. The fourth-order valence-corrected chi connectivity index (χ4v) is 3.40. The van der Waals surface area contributed by atoms with Crippen molar-refractivity contribution in [2.75, 3.05) is 13.7 Å². The van der Waals surface area contributed by atoms with Crippen LogP contribution in [0.5, 0.6) is 11.5 Å². The first kappa shape index (κ1) is 21.4. The molecule has 1 N–H and O–H groups in total. The normalized spacial score (nSPS) is 12.0. The number of hydrogen-bond acceptors (Lipinski definition) is 5. The molecule has 3 rings (SSSR count). The predicted octanol–water partition coefficient (Wildman–Crippen LogP) is 4.26. The van der Waals surface area contributed by atoms with Crippen molar-refractivity contribution in [3.05, 3.63) is 70.1 Å². The maximum Gasteiger partial charge on any atom is 0.336 e. The van der Waals surface area contributed by atoms with Gasteiger partial charge in [-0.15, -0.1) is 0 Å². The first-order chi connectivity index (χ1) is 14.4. The van der Waals surface area contributed by atoms with Gasteiger partial charge in [0.05, 0.1) is 13.2 Å². The molecule has 158 valence electrons. The first-order valence-electron chi connectivity index (χ1n) is 10.0. The highest BCUT2D eigenvalue weighted by Crippen LogP contribution is 2.25. The maximum atomic E-state index is 12.5. The molecule has 2 aromatic carbocycles. The van der Waals surface area contributed by atoms with Crippen LogP contribution in [0.1, 0.15) is 37.9 Å². The summed E-state index contributed by atoms with van der Waals surface area (Å²) in [6, 6.07) is 14.3. The average molecular weight is 409 g/mol. The summed E-state index contributed by atoms with van der Waals surface area (Å²) < 4.78 is 16.1. The number of ether oxygens (including phenoxy) is 2. The largest absolute Gasteiger partial charge is 0.497 e. The first-order valence-corrected chi connectivity index (χ1v) is 10.0. The van der Waals surface area contributed by atoms with E-state index in [1.165, 1.54) is 6.07 Å². The van der Waals surface area contributed by atoms with E-state index in [1.54, 1.807) is 19.2 Å². The lowest BCUT2D eigenvalue weighted by molar-refractivity contribution is -0.124. The van der Waals surface area contributed by atoms with Crippen LogP contribution in [0.3, 0.4) is 0 Å². The summed E-state index contributed by atoms with van der Waals surface area (Å²) in [4.78, 5) is 24.2. The number of benzene rings is 2. The third kappa shape index (κ3) is 5.00. The molecule has 0 aliphatic carbocycles. The van der Waals surface area contributed by atoms with Gasteiger partial charge in [-0.1, -0.05) is 32.9 Å². The number of aryl methyl sites for hydroxylation is 1. The Morgan fingerprint density at radius 2 is 1.77 bits per heavy atom. The van der Waals surface area contributed by atoms with E-state index in [0.29, 0.717) is 11.3 Å². The maximum absolute atomic E-state index is 12.5. The molecule has 0 fully saturated rings. The van der Waals surface area contributed by atoms with E-state index in [9.17, 15) is 9.59 Å². The van der Waals surface area contributed by atoms with Gasteiger partial charge in [-0.2, -0.15) is 0 Å². The van der Waals surface area contributed by atoms with Gasteiger partial charge in [0.25, 0.3) is 5.91 Å². The number of carbonyl (C=O) groups excluding carboxylic acids is 1. The molecule has 0 aliphatic rings. The number of hydrogen-bond donors (Lipinski definition) is 1. The summed E-state index contributed by atoms with van der Waals surface area (Å²) >= 11 is 0. The molecule has 1 aromatic heterocycles. The molecule has 0 saturated carbocycles. The van der Waals surface area contributed by atoms with E-state index >= 15 is 0 Å². The summed E-state index contributed by atoms with van der Waals surface area (Å²) in [5.74, 6) is 1.21. The van der Waals surface area contributed by atoms with Crippen LogP contribution in [-0.2, 0) is 11.2 Å². The molecule has 0 unspecified atom stereocenters. The Hall–Kier alpha value is -3.28. The van der Waals surface area contributed by atoms with Crippen LogP contribution in [0.4, 0.5) is 0 Å². The van der Waals surface area contributed by atoms with E-state index in [4.69, 9.17) is 13.9 Å². The smallest absolute Gasteiger partial charge is 0.336 e. The standard InChI is InChI=1S/C24H27NO5/c1-5-16-12-23(27)30-21-13-19(10-11-20(16)21)29-14-22(26)25-24(15(2)3)17-6-8-18(28-4)9-7-17/h6-13,15,24H,5,14H2,1-4H3,(H,25,26)/t24-/m0/s1. The number of fused-ring (bicyclic) bond motifs is 1. The van der Waals surface area contributed by atoms with Crippen LogP contribution in [0.15, 0.2) is 57.7 Å². The van der Waals surface area contributed by atoms with Crippen molar-refractivity contribution >= 4 is 16.9 Å². The summed E-state index contributed by atoms with van der Waals surface area (Å²) in [5.41, 5.74) is 1.98. The van der Waals surface area contributed by atoms with Crippen LogP contribution in [-0.4, -0.2) is 19.6 Å². The Bertz CT molecular complexity index is 1070. The minimum Gasteiger partial charge on any atom is -0.497 e. The second kappa shape index (κ2) is 9.48. The molecule has 1 amide bonds. The van der Waals surface area contributed by atoms with Gasteiger partial charge in [-0.05, 0) is 47.7 Å². The van der Waals surface area contributed by atoms with Crippen LogP contribution in [0, 0.1) is 5.92 Å². The molecular weight excluding hydrogens is 382 g/mol. The Kier molecular flexibility index (Phi) is 6.77. The number of amides is 1. The van der Waals surface area contributed by atoms with Gasteiger partial charge in [0.15, 0.2) is 6.61 Å². The summed E-state index contributed by atoms with van der Waals surface area (Å²) in [7, 11) is 1.62. The van der Waals surface area contributed by atoms with E-state index in [1.807, 2.05) is 51.1 Å². The van der Waals surface area contributed by atoms with Gasteiger partial charge in [0, 0.05) is 17.5 Å². The third-order valence-corrected chi connectivity index (χ3v) is 5.01. The minimum absolute atomic E-state index is 0.136. The molecule has 0 saturated heterocycles. The second-order valence-corrected chi connectivity index (χ2v) is 7.45. The zero-order valence-corrected chi connectivity index (χ0v) is 17.7. The Morgan fingerprint density at radius 1 is 1.07 bits per heavy atom. The van der Waals surface area contributed by atoms with Gasteiger partial charge < -0.3 is 19.2 Å². The molecule has 1 atom stereocenters. The van der Waals surface area contributed by atoms with Gasteiger partial charge >= 0.3 is 5.63 Å². The number of carbonyl (C=O) groups is 1. The fourth-order valence-electron chi connectivity index (χ4n) is 3.40. The highest BCUT2D eigenvalue weighted by Gasteiger charge is 2.19. The van der Waals surface area contributed by atoms with Crippen LogP contribution in [0.2, 0.25) is 0 Å². The van der Waals surface area contributed by atoms with E-state index in [0.717, 1.165) is 28.7 Å². The minimum atomic E-state index is -0.395. The molecule has 6 nitrogen and oxygen atoms in total. The van der Waals surface area contributed by atoms with Crippen LogP contribution in [0.25, 0.3) is 11.0 Å². The molecule has 0 bridgehead atoms.